The quantitative estimate of drug-likeness (QED) is 0.840. The maximum Gasteiger partial charge on any atom is 0.0941 e. The molecular formula is C13H18N2OS. The minimum absolute atomic E-state index is 0.169. The van der Waals surface area contributed by atoms with Gasteiger partial charge in [-0.1, -0.05) is 6.07 Å². The summed E-state index contributed by atoms with van der Waals surface area (Å²) in [5, 5.41) is 1.40. The van der Waals surface area contributed by atoms with Gasteiger partial charge in [0, 0.05) is 23.5 Å². The summed E-state index contributed by atoms with van der Waals surface area (Å²) in [6.07, 6.45) is 2.85. The third-order valence-electron chi connectivity index (χ3n) is 2.70. The third kappa shape index (κ3) is 3.17. The summed E-state index contributed by atoms with van der Waals surface area (Å²) >= 11 is 0. The standard InChI is InChI=1S/C13H18N2OS/c1-10(2)17(16)15-8-5-11-3-4-13-12(9-11)6-7-14-13/h3-4,6-7,9-10,14-15H,5,8H2,1-2H3. The first kappa shape index (κ1) is 12.3. The Kier molecular flexibility index (Phi) is 3.97. The van der Waals surface area contributed by atoms with E-state index in [2.05, 4.69) is 34.0 Å². The number of benzene rings is 1. The highest BCUT2D eigenvalue weighted by Gasteiger charge is 2.04. The van der Waals surface area contributed by atoms with Gasteiger partial charge in [-0.05, 0) is 49.4 Å². The van der Waals surface area contributed by atoms with Gasteiger partial charge in [-0.15, -0.1) is 0 Å². The molecule has 0 radical (unpaired) electrons. The van der Waals surface area contributed by atoms with E-state index in [1.807, 2.05) is 20.0 Å². The Bertz CT molecular complexity index is 519. The number of aromatic amines is 1. The number of aromatic nitrogens is 1. The van der Waals surface area contributed by atoms with Crippen LogP contribution in [0.15, 0.2) is 30.5 Å². The van der Waals surface area contributed by atoms with E-state index in [9.17, 15) is 4.21 Å². The van der Waals surface area contributed by atoms with Gasteiger partial charge in [-0.3, -0.25) is 0 Å². The number of fused-ring (bicyclic) bond motifs is 1. The van der Waals surface area contributed by atoms with Crippen LogP contribution in [-0.4, -0.2) is 21.0 Å². The van der Waals surface area contributed by atoms with Gasteiger partial charge in [-0.25, -0.2) is 8.93 Å². The second kappa shape index (κ2) is 5.47. The van der Waals surface area contributed by atoms with Gasteiger partial charge in [0.1, 0.15) is 0 Å². The number of hydrogen-bond acceptors (Lipinski definition) is 1. The van der Waals surface area contributed by atoms with Crippen LogP contribution < -0.4 is 4.72 Å². The highest BCUT2D eigenvalue weighted by molar-refractivity contribution is 7.83. The summed E-state index contributed by atoms with van der Waals surface area (Å²) in [4.78, 5) is 3.17. The molecule has 0 saturated carbocycles. The molecule has 0 saturated heterocycles. The number of nitrogens with one attached hydrogen (secondary N) is 2. The lowest BCUT2D eigenvalue weighted by atomic mass is 10.1. The van der Waals surface area contributed by atoms with Crippen LogP contribution in [0.2, 0.25) is 0 Å². The minimum Gasteiger partial charge on any atom is -0.361 e. The van der Waals surface area contributed by atoms with Gasteiger partial charge in [0.2, 0.25) is 0 Å². The second-order valence-electron chi connectivity index (χ2n) is 4.39. The predicted molar refractivity (Wildman–Crippen MR) is 73.3 cm³/mol. The normalized spacial score (nSPS) is 13.4. The van der Waals surface area contributed by atoms with Crippen molar-refractivity contribution in [3.63, 3.8) is 0 Å². The van der Waals surface area contributed by atoms with Crippen molar-refractivity contribution in [2.45, 2.75) is 25.5 Å². The van der Waals surface area contributed by atoms with Crippen molar-refractivity contribution in [1.29, 1.82) is 0 Å². The molecule has 1 unspecified atom stereocenters. The fourth-order valence-corrected chi connectivity index (χ4v) is 2.36. The van der Waals surface area contributed by atoms with Gasteiger partial charge in [0.25, 0.3) is 0 Å². The number of hydrogen-bond donors (Lipinski definition) is 2. The van der Waals surface area contributed by atoms with Crippen molar-refractivity contribution in [3.05, 3.63) is 36.0 Å². The van der Waals surface area contributed by atoms with Crippen molar-refractivity contribution in [2.24, 2.45) is 0 Å². The van der Waals surface area contributed by atoms with E-state index in [1.165, 1.54) is 10.9 Å². The molecule has 2 aromatic rings. The van der Waals surface area contributed by atoms with E-state index in [0.717, 1.165) is 18.5 Å². The smallest absolute Gasteiger partial charge is 0.0941 e. The lowest BCUT2D eigenvalue weighted by molar-refractivity contribution is 0.664. The lowest BCUT2D eigenvalue weighted by Crippen LogP contribution is -2.26. The van der Waals surface area contributed by atoms with Crippen LogP contribution in [0.5, 0.6) is 0 Å². The fraction of sp³-hybridized carbons (Fsp3) is 0.385. The van der Waals surface area contributed by atoms with Crippen LogP contribution in [0.25, 0.3) is 10.9 Å². The molecule has 0 fully saturated rings. The summed E-state index contributed by atoms with van der Waals surface area (Å²) in [7, 11) is -0.921. The van der Waals surface area contributed by atoms with Crippen LogP contribution in [0.1, 0.15) is 19.4 Å². The average Bonchev–Trinajstić information content (AvgIpc) is 2.75. The molecule has 17 heavy (non-hydrogen) atoms. The Morgan fingerprint density at radius 3 is 2.94 bits per heavy atom. The minimum atomic E-state index is -0.921. The van der Waals surface area contributed by atoms with Crippen LogP contribution in [-0.2, 0) is 17.4 Å². The van der Waals surface area contributed by atoms with E-state index in [-0.39, 0.29) is 5.25 Å². The summed E-state index contributed by atoms with van der Waals surface area (Å²) < 4.78 is 14.5. The molecule has 2 N–H and O–H groups in total. The zero-order valence-corrected chi connectivity index (χ0v) is 11.0. The number of rotatable bonds is 5. The first-order chi connectivity index (χ1) is 8.16. The van der Waals surface area contributed by atoms with E-state index < -0.39 is 11.0 Å². The highest BCUT2D eigenvalue weighted by atomic mass is 32.2. The van der Waals surface area contributed by atoms with E-state index in [0.29, 0.717) is 0 Å². The maximum absolute atomic E-state index is 11.5. The summed E-state index contributed by atoms with van der Waals surface area (Å²) in [5.74, 6) is 0. The largest absolute Gasteiger partial charge is 0.361 e. The predicted octanol–water partition coefficient (Wildman–Crippen LogP) is 2.37. The molecule has 3 nitrogen and oxygen atoms in total. The zero-order valence-electron chi connectivity index (χ0n) is 10.2. The van der Waals surface area contributed by atoms with Gasteiger partial charge in [-0.2, -0.15) is 0 Å². The van der Waals surface area contributed by atoms with Crippen molar-refractivity contribution < 1.29 is 4.21 Å². The third-order valence-corrected chi connectivity index (χ3v) is 4.05. The summed E-state index contributed by atoms with van der Waals surface area (Å²) in [5.41, 5.74) is 2.43. The Morgan fingerprint density at radius 1 is 1.35 bits per heavy atom. The molecule has 1 aromatic heterocycles. The molecule has 1 atom stereocenters. The lowest BCUT2D eigenvalue weighted by Gasteiger charge is -2.07. The van der Waals surface area contributed by atoms with Crippen molar-refractivity contribution >= 4 is 21.9 Å². The highest BCUT2D eigenvalue weighted by Crippen LogP contribution is 2.14. The first-order valence-electron chi connectivity index (χ1n) is 5.87. The first-order valence-corrected chi connectivity index (χ1v) is 7.08. The van der Waals surface area contributed by atoms with E-state index in [4.69, 9.17) is 0 Å². The van der Waals surface area contributed by atoms with Crippen LogP contribution in [0, 0.1) is 0 Å². The molecule has 0 amide bonds. The van der Waals surface area contributed by atoms with Crippen molar-refractivity contribution in [1.82, 2.24) is 9.71 Å². The topological polar surface area (TPSA) is 44.9 Å². The average molecular weight is 250 g/mol. The van der Waals surface area contributed by atoms with Gasteiger partial charge >= 0.3 is 0 Å². The molecule has 0 aliphatic carbocycles. The Balaban J connectivity index is 1.92. The van der Waals surface area contributed by atoms with Crippen LogP contribution >= 0.6 is 0 Å². The molecule has 4 heteroatoms. The van der Waals surface area contributed by atoms with Gasteiger partial charge in [0.05, 0.1) is 11.0 Å². The Morgan fingerprint density at radius 2 is 2.18 bits per heavy atom. The number of H-pyrrole nitrogens is 1. The molecule has 0 spiro atoms. The van der Waals surface area contributed by atoms with E-state index >= 15 is 0 Å². The molecule has 1 heterocycles. The van der Waals surface area contributed by atoms with Gasteiger partial charge < -0.3 is 4.98 Å². The SMILES string of the molecule is CC(C)S(=O)NCCc1ccc2[nH]ccc2c1. The van der Waals surface area contributed by atoms with Crippen molar-refractivity contribution in [3.8, 4) is 0 Å². The fourth-order valence-electron chi connectivity index (χ4n) is 1.72. The monoisotopic (exact) mass is 250 g/mol. The molecule has 0 aliphatic heterocycles. The van der Waals surface area contributed by atoms with Crippen molar-refractivity contribution in [2.75, 3.05) is 6.54 Å². The zero-order chi connectivity index (χ0) is 12.3. The molecular weight excluding hydrogens is 232 g/mol. The van der Waals surface area contributed by atoms with Crippen LogP contribution in [0.3, 0.4) is 0 Å². The van der Waals surface area contributed by atoms with E-state index in [1.54, 1.807) is 0 Å². The molecule has 2 rings (SSSR count). The maximum atomic E-state index is 11.5. The molecule has 0 aliphatic rings. The molecule has 1 aromatic carbocycles. The molecule has 0 bridgehead atoms. The second-order valence-corrected chi connectivity index (χ2v) is 6.22. The Hall–Kier alpha value is -1.13. The van der Waals surface area contributed by atoms with Crippen LogP contribution in [0.4, 0.5) is 0 Å². The Labute approximate surface area is 104 Å². The summed E-state index contributed by atoms with van der Waals surface area (Å²) in [6, 6.07) is 8.44. The molecule has 92 valence electrons. The summed E-state index contributed by atoms with van der Waals surface area (Å²) in [6.45, 7) is 4.66. The van der Waals surface area contributed by atoms with Gasteiger partial charge in [0.15, 0.2) is 0 Å².